The smallest absolute Gasteiger partial charge is 0.00967 e. The van der Waals surface area contributed by atoms with Crippen molar-refractivity contribution in [2.24, 2.45) is 5.41 Å². The van der Waals surface area contributed by atoms with Gasteiger partial charge >= 0.3 is 0 Å². The highest BCUT2D eigenvalue weighted by Gasteiger charge is 2.31. The molecule has 1 heterocycles. The molecule has 2 nitrogen and oxygen atoms in total. The lowest BCUT2D eigenvalue weighted by molar-refractivity contribution is 0.134. The van der Waals surface area contributed by atoms with Crippen molar-refractivity contribution in [1.82, 2.24) is 10.2 Å². The minimum absolute atomic E-state index is 0.228. The molecule has 0 spiro atoms. The van der Waals surface area contributed by atoms with Crippen molar-refractivity contribution in [1.29, 1.82) is 0 Å². The fourth-order valence-electron chi connectivity index (χ4n) is 2.83. The molecule has 108 valence electrons. The Bertz CT molecular complexity index is 244. The molecular weight excluding hydrogens is 220 g/mol. The van der Waals surface area contributed by atoms with E-state index >= 15 is 0 Å². The van der Waals surface area contributed by atoms with E-state index in [0.717, 1.165) is 12.6 Å². The van der Waals surface area contributed by atoms with Crippen molar-refractivity contribution in [3.63, 3.8) is 0 Å². The zero-order valence-electron chi connectivity index (χ0n) is 13.5. The van der Waals surface area contributed by atoms with E-state index in [4.69, 9.17) is 0 Å². The highest BCUT2D eigenvalue weighted by atomic mass is 15.2. The predicted octanol–water partition coefficient (Wildman–Crippen LogP) is 3.67. The average Bonchev–Trinajstić information content (AvgIpc) is 2.73. The van der Waals surface area contributed by atoms with Gasteiger partial charge in [-0.25, -0.2) is 0 Å². The lowest BCUT2D eigenvalue weighted by Gasteiger charge is -2.38. The molecule has 1 N–H and O–H groups in total. The standard InChI is InChI=1S/C16H34N2/c1-7-14-10-9-11-18(14)13-16(6,8-2)12-17-15(3,4)5/h14,17H,7-13H2,1-6H3. The second kappa shape index (κ2) is 6.38. The van der Waals surface area contributed by atoms with Crippen molar-refractivity contribution in [2.75, 3.05) is 19.6 Å². The Morgan fingerprint density at radius 3 is 2.33 bits per heavy atom. The summed E-state index contributed by atoms with van der Waals surface area (Å²) in [5, 5.41) is 3.69. The summed E-state index contributed by atoms with van der Waals surface area (Å²) in [5.41, 5.74) is 0.636. The highest BCUT2D eigenvalue weighted by molar-refractivity contribution is 4.87. The first-order valence-electron chi connectivity index (χ1n) is 7.79. The van der Waals surface area contributed by atoms with E-state index in [2.05, 4.69) is 51.8 Å². The number of likely N-dealkylation sites (tertiary alicyclic amines) is 1. The molecule has 0 aromatic heterocycles. The summed E-state index contributed by atoms with van der Waals surface area (Å²) in [6.07, 6.45) is 5.36. The Morgan fingerprint density at radius 1 is 1.17 bits per heavy atom. The van der Waals surface area contributed by atoms with Crippen LogP contribution in [0.1, 0.15) is 67.2 Å². The molecule has 1 aliphatic rings. The van der Waals surface area contributed by atoms with E-state index in [1.54, 1.807) is 0 Å². The van der Waals surface area contributed by atoms with Crippen molar-refractivity contribution in [2.45, 2.75) is 78.8 Å². The molecule has 0 amide bonds. The quantitative estimate of drug-likeness (QED) is 0.778. The number of nitrogens with zero attached hydrogens (tertiary/aromatic N) is 1. The van der Waals surface area contributed by atoms with Crippen LogP contribution >= 0.6 is 0 Å². The Morgan fingerprint density at radius 2 is 1.83 bits per heavy atom. The SMILES string of the molecule is CCC1CCCN1CC(C)(CC)CNC(C)(C)C. The van der Waals surface area contributed by atoms with E-state index in [1.807, 2.05) is 0 Å². The van der Waals surface area contributed by atoms with Crippen LogP contribution in [0.15, 0.2) is 0 Å². The summed E-state index contributed by atoms with van der Waals surface area (Å²) in [4.78, 5) is 2.73. The van der Waals surface area contributed by atoms with Gasteiger partial charge in [0, 0.05) is 24.7 Å². The minimum Gasteiger partial charge on any atom is -0.311 e. The summed E-state index contributed by atoms with van der Waals surface area (Å²) in [6, 6.07) is 0.838. The van der Waals surface area contributed by atoms with Gasteiger partial charge in [0.15, 0.2) is 0 Å². The number of rotatable bonds is 6. The van der Waals surface area contributed by atoms with Crippen molar-refractivity contribution in [3.8, 4) is 0 Å². The molecule has 0 aliphatic carbocycles. The Labute approximate surface area is 115 Å². The van der Waals surface area contributed by atoms with Crippen LogP contribution in [0.5, 0.6) is 0 Å². The third kappa shape index (κ3) is 4.89. The van der Waals surface area contributed by atoms with Gasteiger partial charge in [-0.05, 0) is 58.4 Å². The van der Waals surface area contributed by atoms with Gasteiger partial charge in [0.05, 0.1) is 0 Å². The Balaban J connectivity index is 2.53. The second-order valence-electron chi connectivity index (χ2n) is 7.44. The van der Waals surface area contributed by atoms with E-state index in [1.165, 1.54) is 38.8 Å². The van der Waals surface area contributed by atoms with Gasteiger partial charge in [0.2, 0.25) is 0 Å². The molecular formula is C16H34N2. The third-order valence-corrected chi connectivity index (χ3v) is 4.45. The molecule has 0 aromatic rings. The molecule has 0 radical (unpaired) electrons. The largest absolute Gasteiger partial charge is 0.311 e. The topological polar surface area (TPSA) is 15.3 Å². The number of nitrogens with one attached hydrogen (secondary N) is 1. The van der Waals surface area contributed by atoms with Crippen LogP contribution in [-0.2, 0) is 0 Å². The van der Waals surface area contributed by atoms with Crippen LogP contribution in [0.2, 0.25) is 0 Å². The maximum absolute atomic E-state index is 3.69. The van der Waals surface area contributed by atoms with Crippen molar-refractivity contribution in [3.05, 3.63) is 0 Å². The van der Waals surface area contributed by atoms with E-state index in [-0.39, 0.29) is 5.54 Å². The van der Waals surface area contributed by atoms with E-state index < -0.39 is 0 Å². The first-order chi connectivity index (χ1) is 8.29. The normalized spacial score (nSPS) is 25.3. The molecule has 1 fully saturated rings. The first-order valence-corrected chi connectivity index (χ1v) is 7.79. The first kappa shape index (κ1) is 16.0. The summed E-state index contributed by atoms with van der Waals surface area (Å²) >= 11 is 0. The molecule has 1 aliphatic heterocycles. The maximum Gasteiger partial charge on any atom is 0.00967 e. The molecule has 2 heteroatoms. The number of hydrogen-bond donors (Lipinski definition) is 1. The number of hydrogen-bond acceptors (Lipinski definition) is 2. The lowest BCUT2D eigenvalue weighted by Crippen LogP contribution is -2.48. The third-order valence-electron chi connectivity index (χ3n) is 4.45. The van der Waals surface area contributed by atoms with Crippen LogP contribution in [0.3, 0.4) is 0 Å². The zero-order chi connectivity index (χ0) is 13.8. The van der Waals surface area contributed by atoms with Gasteiger partial charge in [-0.3, -0.25) is 4.90 Å². The van der Waals surface area contributed by atoms with Gasteiger partial charge < -0.3 is 5.32 Å². The summed E-state index contributed by atoms with van der Waals surface area (Å²) in [5.74, 6) is 0. The van der Waals surface area contributed by atoms with Crippen molar-refractivity contribution >= 4 is 0 Å². The van der Waals surface area contributed by atoms with Crippen LogP contribution in [0, 0.1) is 5.41 Å². The average molecular weight is 254 g/mol. The van der Waals surface area contributed by atoms with Gasteiger partial charge in [-0.1, -0.05) is 20.8 Å². The monoisotopic (exact) mass is 254 g/mol. The summed E-state index contributed by atoms with van der Waals surface area (Å²) in [6.45, 7) is 17.6. The molecule has 0 aromatic carbocycles. The predicted molar refractivity (Wildman–Crippen MR) is 81.0 cm³/mol. The molecule has 2 unspecified atom stereocenters. The van der Waals surface area contributed by atoms with Crippen LogP contribution < -0.4 is 5.32 Å². The van der Waals surface area contributed by atoms with Gasteiger partial charge in [-0.2, -0.15) is 0 Å². The highest BCUT2D eigenvalue weighted by Crippen LogP contribution is 2.28. The summed E-state index contributed by atoms with van der Waals surface area (Å²) < 4.78 is 0. The van der Waals surface area contributed by atoms with Crippen LogP contribution in [0.4, 0.5) is 0 Å². The molecule has 2 atom stereocenters. The van der Waals surface area contributed by atoms with Gasteiger partial charge in [0.1, 0.15) is 0 Å². The Hall–Kier alpha value is -0.0800. The zero-order valence-corrected chi connectivity index (χ0v) is 13.5. The molecule has 0 saturated carbocycles. The van der Waals surface area contributed by atoms with Crippen LogP contribution in [-0.4, -0.2) is 36.1 Å². The lowest BCUT2D eigenvalue weighted by atomic mass is 9.85. The summed E-state index contributed by atoms with van der Waals surface area (Å²) in [7, 11) is 0. The van der Waals surface area contributed by atoms with Crippen molar-refractivity contribution < 1.29 is 0 Å². The van der Waals surface area contributed by atoms with E-state index in [0.29, 0.717) is 5.41 Å². The Kier molecular flexibility index (Phi) is 5.67. The fourth-order valence-corrected chi connectivity index (χ4v) is 2.83. The molecule has 1 saturated heterocycles. The van der Waals surface area contributed by atoms with Gasteiger partial charge in [-0.15, -0.1) is 0 Å². The molecule has 18 heavy (non-hydrogen) atoms. The molecule has 0 bridgehead atoms. The van der Waals surface area contributed by atoms with Gasteiger partial charge in [0.25, 0.3) is 0 Å². The van der Waals surface area contributed by atoms with E-state index in [9.17, 15) is 0 Å². The minimum atomic E-state index is 0.228. The second-order valence-corrected chi connectivity index (χ2v) is 7.44. The fraction of sp³-hybridized carbons (Fsp3) is 1.00. The molecule has 1 rings (SSSR count). The van der Waals surface area contributed by atoms with Crippen LogP contribution in [0.25, 0.3) is 0 Å². The maximum atomic E-state index is 3.69.